The van der Waals surface area contributed by atoms with Gasteiger partial charge in [-0.15, -0.1) is 0 Å². The number of nitrogens with one attached hydrogen (secondary N) is 1. The number of hydrogen-bond donors (Lipinski definition) is 1. The van der Waals surface area contributed by atoms with Crippen molar-refractivity contribution in [2.24, 2.45) is 5.92 Å². The molecule has 1 atom stereocenters. The number of benzene rings is 1. The Hall–Kier alpha value is -1.85. The van der Waals surface area contributed by atoms with Crippen LogP contribution in [0.2, 0.25) is 0 Å². The summed E-state index contributed by atoms with van der Waals surface area (Å²) in [4.78, 5) is 14.4. The molecule has 3 rings (SSSR count). The number of likely N-dealkylation sites (N-methyl/N-ethyl adjacent to an activating group) is 1. The van der Waals surface area contributed by atoms with Gasteiger partial charge in [0, 0.05) is 31.0 Å². The topological polar surface area (TPSA) is 32.3 Å². The number of carbonyl (C=O) groups is 1. The Labute approximate surface area is 270 Å². The first-order valence-electron chi connectivity index (χ1n) is 17.2. The van der Waals surface area contributed by atoms with Crippen molar-refractivity contribution in [3.63, 3.8) is 0 Å². The molecule has 246 valence electrons. The first-order valence-corrected chi connectivity index (χ1v) is 18.2. The van der Waals surface area contributed by atoms with E-state index in [1.807, 2.05) is 50.1 Å². The van der Waals surface area contributed by atoms with Crippen LogP contribution < -0.4 is 4.72 Å². The van der Waals surface area contributed by atoms with Gasteiger partial charge in [-0.3, -0.25) is 9.52 Å². The Kier molecular flexibility index (Phi) is 25.4. The van der Waals surface area contributed by atoms with Gasteiger partial charge in [0.2, 0.25) is 0 Å². The van der Waals surface area contributed by atoms with Gasteiger partial charge in [-0.05, 0) is 68.2 Å². The largest absolute Gasteiger partial charge is 0.342 e. The summed E-state index contributed by atoms with van der Waals surface area (Å²) in [5, 5.41) is 0. The first-order chi connectivity index (χ1) is 20.8. The SMILES string of the molecule is C=CC1=C(C(=O)N(C)CCCCCSN[C@@H](C)c2ccc(F)c(C)c2)C=CCC1.CC.CCCC.CCCCCC1CC1. The fourth-order valence-corrected chi connectivity index (χ4v) is 5.24. The van der Waals surface area contributed by atoms with Crippen molar-refractivity contribution in [3.05, 3.63) is 71.1 Å². The molecule has 0 unspecified atom stereocenters. The Morgan fingerprint density at radius 1 is 1.09 bits per heavy atom. The van der Waals surface area contributed by atoms with Crippen LogP contribution in [0.1, 0.15) is 142 Å². The molecular formula is C38H65FN2OS. The molecule has 0 aromatic heterocycles. The van der Waals surface area contributed by atoms with Crippen LogP contribution in [0.5, 0.6) is 0 Å². The molecule has 0 spiro atoms. The number of unbranched alkanes of at least 4 members (excludes halogenated alkanes) is 5. The van der Waals surface area contributed by atoms with Crippen LogP contribution >= 0.6 is 11.9 Å². The minimum absolute atomic E-state index is 0.0929. The quantitative estimate of drug-likeness (QED) is 0.148. The highest BCUT2D eigenvalue weighted by atomic mass is 32.2. The van der Waals surface area contributed by atoms with Crippen LogP contribution in [-0.2, 0) is 4.79 Å². The van der Waals surface area contributed by atoms with Gasteiger partial charge in [0.15, 0.2) is 0 Å². The molecule has 1 N–H and O–H groups in total. The zero-order valence-corrected chi connectivity index (χ0v) is 29.9. The lowest BCUT2D eigenvalue weighted by Crippen LogP contribution is -2.29. The third-order valence-electron chi connectivity index (χ3n) is 7.63. The number of nitrogens with zero attached hydrogens (tertiary/aromatic N) is 1. The molecule has 1 aromatic carbocycles. The van der Waals surface area contributed by atoms with E-state index < -0.39 is 0 Å². The van der Waals surface area contributed by atoms with E-state index in [-0.39, 0.29) is 17.8 Å². The summed E-state index contributed by atoms with van der Waals surface area (Å²) < 4.78 is 16.8. The molecule has 5 heteroatoms. The predicted molar refractivity (Wildman–Crippen MR) is 191 cm³/mol. The second kappa shape index (κ2) is 26.5. The van der Waals surface area contributed by atoms with E-state index in [4.69, 9.17) is 0 Å². The Bertz CT molecular complexity index is 936. The van der Waals surface area contributed by atoms with Crippen LogP contribution in [0.4, 0.5) is 4.39 Å². The molecule has 0 heterocycles. The van der Waals surface area contributed by atoms with Crippen LogP contribution in [0, 0.1) is 18.7 Å². The average Bonchev–Trinajstić information content (AvgIpc) is 3.87. The molecule has 3 nitrogen and oxygen atoms in total. The monoisotopic (exact) mass is 616 g/mol. The van der Waals surface area contributed by atoms with E-state index in [0.29, 0.717) is 5.56 Å². The van der Waals surface area contributed by atoms with E-state index in [0.717, 1.165) is 67.0 Å². The second-order valence-corrected chi connectivity index (χ2v) is 12.4. The Morgan fingerprint density at radius 3 is 2.37 bits per heavy atom. The molecule has 0 saturated heterocycles. The average molecular weight is 617 g/mol. The lowest BCUT2D eigenvalue weighted by atomic mass is 9.96. The van der Waals surface area contributed by atoms with E-state index in [1.54, 1.807) is 18.9 Å². The Morgan fingerprint density at radius 2 is 1.79 bits per heavy atom. The number of amides is 1. The molecule has 0 aliphatic heterocycles. The maximum Gasteiger partial charge on any atom is 0.253 e. The molecule has 0 bridgehead atoms. The minimum atomic E-state index is -0.159. The molecule has 2 aliphatic carbocycles. The molecule has 43 heavy (non-hydrogen) atoms. The lowest BCUT2D eigenvalue weighted by Gasteiger charge is -2.21. The molecule has 0 radical (unpaired) electrons. The zero-order chi connectivity index (χ0) is 32.5. The van der Waals surface area contributed by atoms with E-state index in [2.05, 4.69) is 45.1 Å². The molecule has 1 fully saturated rings. The molecule has 1 amide bonds. The molecule has 1 aromatic rings. The standard InChI is InChI=1S/C24H33FN2OS.C8H16.C4H10.C2H6/c1-5-20-11-7-8-12-22(20)24(28)27(4)15-9-6-10-16-29-26-19(3)21-13-14-23(25)18(2)17-21;1-2-3-4-5-8-6-7-8;1-3-4-2;1-2/h5,8,12-14,17,19,26H,1,6-7,9-11,15-16H2,2-4H3;8H,2-7H2,1H3;3-4H2,1-2H3;1-2H3/t19-;;;/m0.../s1. The number of hydrogen-bond acceptors (Lipinski definition) is 3. The fourth-order valence-electron chi connectivity index (χ4n) is 4.39. The van der Waals surface area contributed by atoms with Gasteiger partial charge in [0.1, 0.15) is 5.82 Å². The van der Waals surface area contributed by atoms with Gasteiger partial charge in [0.25, 0.3) is 5.91 Å². The molecular weight excluding hydrogens is 551 g/mol. The van der Waals surface area contributed by atoms with Gasteiger partial charge in [-0.2, -0.15) is 0 Å². The van der Waals surface area contributed by atoms with Gasteiger partial charge >= 0.3 is 0 Å². The van der Waals surface area contributed by atoms with Crippen molar-refractivity contribution in [3.8, 4) is 0 Å². The maximum absolute atomic E-state index is 13.4. The summed E-state index contributed by atoms with van der Waals surface area (Å²) in [6.45, 7) is 19.1. The summed E-state index contributed by atoms with van der Waals surface area (Å²) in [7, 11) is 1.88. The second-order valence-electron chi connectivity index (χ2n) is 11.5. The zero-order valence-electron chi connectivity index (χ0n) is 29.1. The highest BCUT2D eigenvalue weighted by Gasteiger charge is 2.19. The van der Waals surface area contributed by atoms with Crippen molar-refractivity contribution >= 4 is 17.9 Å². The van der Waals surface area contributed by atoms with Crippen molar-refractivity contribution in [2.45, 2.75) is 138 Å². The van der Waals surface area contributed by atoms with Crippen LogP contribution in [-0.4, -0.2) is 30.2 Å². The van der Waals surface area contributed by atoms with Crippen molar-refractivity contribution in [2.75, 3.05) is 19.3 Å². The van der Waals surface area contributed by atoms with E-state index in [1.165, 1.54) is 57.4 Å². The number of allylic oxidation sites excluding steroid dienone is 3. The summed E-state index contributed by atoms with van der Waals surface area (Å²) >= 11 is 1.71. The van der Waals surface area contributed by atoms with E-state index >= 15 is 0 Å². The smallest absolute Gasteiger partial charge is 0.253 e. The van der Waals surface area contributed by atoms with Crippen molar-refractivity contribution < 1.29 is 9.18 Å². The highest BCUT2D eigenvalue weighted by molar-refractivity contribution is 7.97. The maximum atomic E-state index is 13.4. The normalized spacial score (nSPS) is 14.3. The lowest BCUT2D eigenvalue weighted by molar-refractivity contribution is -0.125. The van der Waals surface area contributed by atoms with Gasteiger partial charge < -0.3 is 4.90 Å². The Balaban J connectivity index is 0.00000104. The number of halogens is 1. The molecule has 1 saturated carbocycles. The third-order valence-corrected chi connectivity index (χ3v) is 8.64. The summed E-state index contributed by atoms with van der Waals surface area (Å²) in [5.74, 6) is 2.10. The van der Waals surface area contributed by atoms with Crippen LogP contribution in [0.3, 0.4) is 0 Å². The summed E-state index contributed by atoms with van der Waals surface area (Å²) in [5.41, 5.74) is 3.62. The third kappa shape index (κ3) is 19.2. The number of aryl methyl sites for hydroxylation is 1. The molecule has 2 aliphatic rings. The van der Waals surface area contributed by atoms with Crippen molar-refractivity contribution in [1.82, 2.24) is 9.62 Å². The predicted octanol–water partition coefficient (Wildman–Crippen LogP) is 11.7. The van der Waals surface area contributed by atoms with Gasteiger partial charge in [-0.1, -0.05) is 141 Å². The van der Waals surface area contributed by atoms with Crippen LogP contribution in [0.15, 0.2) is 54.2 Å². The minimum Gasteiger partial charge on any atom is -0.342 e. The highest BCUT2D eigenvalue weighted by Crippen LogP contribution is 2.33. The van der Waals surface area contributed by atoms with Crippen molar-refractivity contribution in [1.29, 1.82) is 0 Å². The number of carbonyl (C=O) groups excluding carboxylic acids is 1. The fraction of sp³-hybridized carbons (Fsp3) is 0.658. The van der Waals surface area contributed by atoms with Gasteiger partial charge in [-0.25, -0.2) is 4.39 Å². The van der Waals surface area contributed by atoms with Crippen LogP contribution in [0.25, 0.3) is 0 Å². The number of rotatable bonds is 16. The first kappa shape index (κ1) is 41.1. The summed E-state index contributed by atoms with van der Waals surface area (Å²) in [6.07, 6.45) is 22.4. The van der Waals surface area contributed by atoms with E-state index in [9.17, 15) is 9.18 Å². The van der Waals surface area contributed by atoms with Gasteiger partial charge in [0.05, 0.1) is 0 Å². The summed E-state index contributed by atoms with van der Waals surface area (Å²) in [6, 6.07) is 5.44.